The van der Waals surface area contributed by atoms with E-state index in [-0.39, 0.29) is 10.6 Å². The van der Waals surface area contributed by atoms with E-state index in [0.717, 1.165) is 19.2 Å². The minimum Gasteiger partial charge on any atom is -0.478 e. The van der Waals surface area contributed by atoms with E-state index < -0.39 is 5.97 Å². The highest BCUT2D eigenvalue weighted by molar-refractivity contribution is 5.90. The van der Waals surface area contributed by atoms with Crippen LogP contribution in [0.3, 0.4) is 0 Å². The summed E-state index contributed by atoms with van der Waals surface area (Å²) in [6.07, 6.45) is 1.60. The number of rotatable bonds is 9. The van der Waals surface area contributed by atoms with Crippen molar-refractivity contribution in [3.05, 3.63) is 40.0 Å². The van der Waals surface area contributed by atoms with Crippen LogP contribution in [0.2, 0.25) is 0 Å². The summed E-state index contributed by atoms with van der Waals surface area (Å²) in [5.74, 6) is -0.308. The first-order valence-electron chi connectivity index (χ1n) is 8.62. The Labute approximate surface area is 149 Å². The first kappa shape index (κ1) is 20.7. The number of aliphatic carboxylic acids is 1. The van der Waals surface area contributed by atoms with Crippen LogP contribution in [0, 0.1) is 22.0 Å². The molecule has 6 nitrogen and oxygen atoms in total. The van der Waals surface area contributed by atoms with Gasteiger partial charge in [0.2, 0.25) is 0 Å². The number of carboxylic acids is 1. The molecular formula is C19H28N2O4. The van der Waals surface area contributed by atoms with Gasteiger partial charge in [-0.1, -0.05) is 40.7 Å². The molecule has 0 atom stereocenters. The highest BCUT2D eigenvalue weighted by Gasteiger charge is 2.22. The Balaban J connectivity index is 3.41. The lowest BCUT2D eigenvalue weighted by Crippen LogP contribution is -2.31. The molecule has 0 aliphatic heterocycles. The quantitative estimate of drug-likeness (QED) is 0.401. The third-order valence-electron chi connectivity index (χ3n) is 3.73. The summed E-state index contributed by atoms with van der Waals surface area (Å²) in [5.41, 5.74) is 1.75. The standard InChI is InChI=1S/C19H28N2O4/c1-6-15(10-19(22)23)16-7-8-17(18(9-16)21(24)25)20(11-13(2)3)12-14(4)5/h7-10,13-14H,6,11-12H2,1-5H3,(H,22,23)/b15-10+. The molecule has 1 rings (SSSR count). The van der Waals surface area contributed by atoms with Crippen LogP contribution in [-0.2, 0) is 4.79 Å². The first-order valence-corrected chi connectivity index (χ1v) is 8.62. The van der Waals surface area contributed by atoms with E-state index in [1.807, 2.05) is 11.8 Å². The molecule has 138 valence electrons. The lowest BCUT2D eigenvalue weighted by Gasteiger charge is -2.28. The number of hydrogen-bond donors (Lipinski definition) is 1. The summed E-state index contributed by atoms with van der Waals surface area (Å²) in [4.78, 5) is 24.2. The molecule has 0 saturated heterocycles. The molecule has 0 heterocycles. The highest BCUT2D eigenvalue weighted by atomic mass is 16.6. The molecule has 6 heteroatoms. The second-order valence-electron chi connectivity index (χ2n) is 7.01. The summed E-state index contributed by atoms with van der Waals surface area (Å²) >= 11 is 0. The summed E-state index contributed by atoms with van der Waals surface area (Å²) in [5, 5.41) is 20.6. The Morgan fingerprint density at radius 1 is 1.24 bits per heavy atom. The summed E-state index contributed by atoms with van der Waals surface area (Å²) in [6, 6.07) is 5.00. The van der Waals surface area contributed by atoms with E-state index in [1.165, 1.54) is 6.07 Å². The number of nitro groups is 1. The Morgan fingerprint density at radius 3 is 2.20 bits per heavy atom. The zero-order valence-electron chi connectivity index (χ0n) is 15.7. The maximum absolute atomic E-state index is 11.6. The van der Waals surface area contributed by atoms with E-state index in [2.05, 4.69) is 27.7 Å². The van der Waals surface area contributed by atoms with Gasteiger partial charge in [0.05, 0.1) is 4.92 Å². The molecule has 0 spiro atoms. The van der Waals surface area contributed by atoms with Gasteiger partial charge >= 0.3 is 5.97 Å². The Morgan fingerprint density at radius 2 is 1.80 bits per heavy atom. The third kappa shape index (κ3) is 6.21. The van der Waals surface area contributed by atoms with Gasteiger partial charge in [0, 0.05) is 25.2 Å². The van der Waals surface area contributed by atoms with Crippen molar-refractivity contribution in [1.29, 1.82) is 0 Å². The van der Waals surface area contributed by atoms with Gasteiger partial charge in [-0.05, 0) is 35.5 Å². The van der Waals surface area contributed by atoms with E-state index >= 15 is 0 Å². The van der Waals surface area contributed by atoms with Crippen LogP contribution < -0.4 is 4.90 Å². The number of allylic oxidation sites excluding steroid dienone is 1. The van der Waals surface area contributed by atoms with Crippen molar-refractivity contribution >= 4 is 22.9 Å². The van der Waals surface area contributed by atoms with Crippen molar-refractivity contribution in [2.24, 2.45) is 11.8 Å². The SMILES string of the molecule is CC/C(=C\C(=O)O)c1ccc(N(CC(C)C)CC(C)C)c([N+](=O)[O-])c1. The highest BCUT2D eigenvalue weighted by Crippen LogP contribution is 2.33. The predicted molar refractivity (Wildman–Crippen MR) is 101 cm³/mol. The number of benzene rings is 1. The number of hydrogen-bond acceptors (Lipinski definition) is 4. The molecule has 25 heavy (non-hydrogen) atoms. The van der Waals surface area contributed by atoms with E-state index in [1.54, 1.807) is 12.1 Å². The Bertz CT molecular complexity index is 641. The van der Waals surface area contributed by atoms with Crippen LogP contribution in [0.1, 0.15) is 46.6 Å². The number of nitrogens with zero attached hydrogens (tertiary/aromatic N) is 2. The van der Waals surface area contributed by atoms with Crippen molar-refractivity contribution in [3.8, 4) is 0 Å². The molecule has 0 bridgehead atoms. The number of nitro benzene ring substituents is 1. The molecule has 0 radical (unpaired) electrons. The second kappa shape index (κ2) is 9.20. The van der Waals surface area contributed by atoms with E-state index in [9.17, 15) is 14.9 Å². The monoisotopic (exact) mass is 348 g/mol. The molecule has 1 aromatic carbocycles. The van der Waals surface area contributed by atoms with Crippen molar-refractivity contribution < 1.29 is 14.8 Å². The number of carboxylic acid groups (broad SMARTS) is 1. The largest absolute Gasteiger partial charge is 0.478 e. The van der Waals surface area contributed by atoms with Gasteiger partial charge in [0.1, 0.15) is 5.69 Å². The summed E-state index contributed by atoms with van der Waals surface area (Å²) in [7, 11) is 0. The van der Waals surface area contributed by atoms with Crippen LogP contribution in [-0.4, -0.2) is 29.1 Å². The van der Waals surface area contributed by atoms with Crippen LogP contribution in [0.5, 0.6) is 0 Å². The van der Waals surface area contributed by atoms with Crippen molar-refractivity contribution in [2.75, 3.05) is 18.0 Å². The van der Waals surface area contributed by atoms with Crippen LogP contribution in [0.15, 0.2) is 24.3 Å². The minimum atomic E-state index is -1.05. The van der Waals surface area contributed by atoms with Crippen LogP contribution in [0.25, 0.3) is 5.57 Å². The van der Waals surface area contributed by atoms with E-state index in [0.29, 0.717) is 35.1 Å². The van der Waals surface area contributed by atoms with Crippen molar-refractivity contribution in [1.82, 2.24) is 0 Å². The fourth-order valence-electron chi connectivity index (χ4n) is 2.83. The van der Waals surface area contributed by atoms with Gasteiger partial charge < -0.3 is 10.0 Å². The average Bonchev–Trinajstić information content (AvgIpc) is 2.50. The Kier molecular flexibility index (Phi) is 7.61. The van der Waals surface area contributed by atoms with Crippen molar-refractivity contribution in [3.63, 3.8) is 0 Å². The van der Waals surface area contributed by atoms with Crippen LogP contribution >= 0.6 is 0 Å². The van der Waals surface area contributed by atoms with Crippen LogP contribution in [0.4, 0.5) is 11.4 Å². The molecule has 0 unspecified atom stereocenters. The van der Waals surface area contributed by atoms with Gasteiger partial charge in [-0.15, -0.1) is 0 Å². The van der Waals surface area contributed by atoms with Gasteiger partial charge in [0.25, 0.3) is 5.69 Å². The van der Waals surface area contributed by atoms with E-state index in [4.69, 9.17) is 5.11 Å². The predicted octanol–water partition coefficient (Wildman–Crippen LogP) is 4.59. The first-order chi connectivity index (χ1) is 11.6. The molecule has 1 aromatic rings. The summed E-state index contributed by atoms with van der Waals surface area (Å²) in [6.45, 7) is 11.6. The maximum Gasteiger partial charge on any atom is 0.328 e. The fourth-order valence-corrected chi connectivity index (χ4v) is 2.83. The molecule has 1 N–H and O–H groups in total. The smallest absolute Gasteiger partial charge is 0.328 e. The molecule has 0 fully saturated rings. The number of carbonyl (C=O) groups is 1. The second-order valence-corrected chi connectivity index (χ2v) is 7.01. The molecule has 0 aliphatic carbocycles. The van der Waals surface area contributed by atoms with Gasteiger partial charge in [0.15, 0.2) is 0 Å². The Hall–Kier alpha value is -2.37. The lowest BCUT2D eigenvalue weighted by molar-refractivity contribution is -0.384. The summed E-state index contributed by atoms with van der Waals surface area (Å²) < 4.78 is 0. The topological polar surface area (TPSA) is 83.7 Å². The van der Waals surface area contributed by atoms with Gasteiger partial charge in [-0.2, -0.15) is 0 Å². The maximum atomic E-state index is 11.6. The molecule has 0 aromatic heterocycles. The van der Waals surface area contributed by atoms with Crippen molar-refractivity contribution in [2.45, 2.75) is 41.0 Å². The molecule has 0 amide bonds. The molecular weight excluding hydrogens is 320 g/mol. The minimum absolute atomic E-state index is 0.0172. The third-order valence-corrected chi connectivity index (χ3v) is 3.73. The number of anilines is 1. The zero-order valence-corrected chi connectivity index (χ0v) is 15.7. The normalized spacial score (nSPS) is 11.9. The lowest BCUT2D eigenvalue weighted by atomic mass is 10.0. The zero-order chi connectivity index (χ0) is 19.1. The van der Waals surface area contributed by atoms with Gasteiger partial charge in [-0.25, -0.2) is 4.79 Å². The average molecular weight is 348 g/mol. The fraction of sp³-hybridized carbons (Fsp3) is 0.526. The molecule has 0 aliphatic rings. The van der Waals surface area contributed by atoms with Gasteiger partial charge in [-0.3, -0.25) is 10.1 Å². The molecule has 0 saturated carbocycles.